The van der Waals surface area contributed by atoms with Crippen LogP contribution in [0.1, 0.15) is 54.5 Å². The van der Waals surface area contributed by atoms with Crippen LogP contribution in [0.4, 0.5) is 0 Å². The molecule has 2 aromatic rings. The molecule has 1 fully saturated rings. The normalized spacial score (nSPS) is 16.9. The minimum atomic E-state index is 0.453. The molecule has 0 aromatic carbocycles. The Kier molecular flexibility index (Phi) is 3.61. The van der Waals surface area contributed by atoms with Crippen molar-refractivity contribution in [3.63, 3.8) is 0 Å². The fraction of sp³-hybridized carbons (Fsp3) is 0.615. The van der Waals surface area contributed by atoms with Crippen LogP contribution in [0.3, 0.4) is 0 Å². The summed E-state index contributed by atoms with van der Waals surface area (Å²) in [6.45, 7) is 2.41. The Bertz CT molecular complexity index is 557. The summed E-state index contributed by atoms with van der Waals surface area (Å²) >= 11 is 1.54. The van der Waals surface area contributed by atoms with Crippen LogP contribution in [0.2, 0.25) is 0 Å². The lowest BCUT2D eigenvalue weighted by Crippen LogP contribution is -2.06. The van der Waals surface area contributed by atoms with E-state index in [0.717, 1.165) is 21.4 Å². The Labute approximate surface area is 116 Å². The van der Waals surface area contributed by atoms with Crippen molar-refractivity contribution in [2.75, 3.05) is 0 Å². The van der Waals surface area contributed by atoms with Crippen LogP contribution in [0.15, 0.2) is 4.52 Å². The number of rotatable bonds is 3. The summed E-state index contributed by atoms with van der Waals surface area (Å²) in [5.41, 5.74) is 6.53. The van der Waals surface area contributed by atoms with Gasteiger partial charge in [-0.05, 0) is 19.8 Å². The molecule has 3 rings (SSSR count). The Morgan fingerprint density at radius 3 is 2.74 bits per heavy atom. The molecule has 19 heavy (non-hydrogen) atoms. The molecule has 102 valence electrons. The van der Waals surface area contributed by atoms with Crippen LogP contribution >= 0.6 is 11.3 Å². The first kappa shape index (κ1) is 12.7. The van der Waals surface area contributed by atoms with Gasteiger partial charge in [0.1, 0.15) is 9.88 Å². The monoisotopic (exact) mass is 278 g/mol. The fourth-order valence-corrected chi connectivity index (χ4v) is 3.46. The lowest BCUT2D eigenvalue weighted by Gasteiger charge is -2.17. The topological polar surface area (TPSA) is 77.8 Å². The molecule has 2 aromatic heterocycles. The summed E-state index contributed by atoms with van der Waals surface area (Å²) in [5, 5.41) is 5.06. The van der Waals surface area contributed by atoms with Crippen LogP contribution in [-0.2, 0) is 6.54 Å². The number of nitrogens with zero attached hydrogens (tertiary/aromatic N) is 3. The highest BCUT2D eigenvalue weighted by Crippen LogP contribution is 2.34. The van der Waals surface area contributed by atoms with E-state index in [4.69, 9.17) is 10.3 Å². The quantitative estimate of drug-likeness (QED) is 0.933. The molecule has 0 spiro atoms. The first-order chi connectivity index (χ1) is 9.28. The largest absolute Gasteiger partial charge is 0.333 e. The number of hydrogen-bond donors (Lipinski definition) is 1. The SMILES string of the molecule is Cc1nc(CN)sc1-c1nc(C2CCCCC2)no1. The van der Waals surface area contributed by atoms with E-state index in [1.165, 1.54) is 32.1 Å². The van der Waals surface area contributed by atoms with Gasteiger partial charge < -0.3 is 10.3 Å². The third-order valence-corrected chi connectivity index (χ3v) is 4.79. The zero-order chi connectivity index (χ0) is 13.2. The second kappa shape index (κ2) is 5.38. The predicted octanol–water partition coefficient (Wildman–Crippen LogP) is 3.01. The smallest absolute Gasteiger partial charge is 0.269 e. The van der Waals surface area contributed by atoms with Crippen LogP contribution in [0.5, 0.6) is 0 Å². The Balaban J connectivity index is 1.85. The molecule has 2 N–H and O–H groups in total. The molecule has 6 heteroatoms. The second-order valence-corrected chi connectivity index (χ2v) is 6.10. The van der Waals surface area contributed by atoms with E-state index >= 15 is 0 Å². The molecule has 5 nitrogen and oxygen atoms in total. The summed E-state index contributed by atoms with van der Waals surface area (Å²) in [5.74, 6) is 1.92. The van der Waals surface area contributed by atoms with Crippen molar-refractivity contribution in [3.05, 3.63) is 16.5 Å². The lowest BCUT2D eigenvalue weighted by atomic mass is 9.89. The van der Waals surface area contributed by atoms with E-state index in [0.29, 0.717) is 18.4 Å². The number of aromatic nitrogens is 3. The first-order valence-electron chi connectivity index (χ1n) is 6.78. The third-order valence-electron chi connectivity index (χ3n) is 3.62. The summed E-state index contributed by atoms with van der Waals surface area (Å²) in [6.07, 6.45) is 6.22. The summed E-state index contributed by atoms with van der Waals surface area (Å²) in [6, 6.07) is 0. The predicted molar refractivity (Wildman–Crippen MR) is 73.9 cm³/mol. The Hall–Kier alpha value is -1.27. The van der Waals surface area contributed by atoms with E-state index in [1.807, 2.05) is 6.92 Å². The van der Waals surface area contributed by atoms with Crippen molar-refractivity contribution in [1.82, 2.24) is 15.1 Å². The Morgan fingerprint density at radius 2 is 2.05 bits per heavy atom. The molecule has 0 saturated heterocycles. The van der Waals surface area contributed by atoms with Gasteiger partial charge in [0.25, 0.3) is 5.89 Å². The molecule has 0 radical (unpaired) electrons. The molecule has 1 aliphatic rings. The van der Waals surface area contributed by atoms with Gasteiger partial charge >= 0.3 is 0 Å². The highest BCUT2D eigenvalue weighted by Gasteiger charge is 2.22. The van der Waals surface area contributed by atoms with Gasteiger partial charge in [0.2, 0.25) is 0 Å². The molecule has 0 bridgehead atoms. The Morgan fingerprint density at radius 1 is 1.26 bits per heavy atom. The lowest BCUT2D eigenvalue weighted by molar-refractivity contribution is 0.385. The van der Waals surface area contributed by atoms with Crippen LogP contribution in [-0.4, -0.2) is 15.1 Å². The molecular weight excluding hydrogens is 260 g/mol. The van der Waals surface area contributed by atoms with Gasteiger partial charge in [-0.3, -0.25) is 0 Å². The van der Waals surface area contributed by atoms with Crippen LogP contribution in [0, 0.1) is 6.92 Å². The van der Waals surface area contributed by atoms with Crippen molar-refractivity contribution in [3.8, 4) is 10.8 Å². The number of thiazole rings is 1. The van der Waals surface area contributed by atoms with Crippen molar-refractivity contribution in [2.24, 2.45) is 5.73 Å². The average Bonchev–Trinajstić information content (AvgIpc) is 3.06. The van der Waals surface area contributed by atoms with Crippen molar-refractivity contribution in [2.45, 2.75) is 51.5 Å². The minimum Gasteiger partial charge on any atom is -0.333 e. The number of aryl methyl sites for hydroxylation is 1. The average molecular weight is 278 g/mol. The van der Waals surface area contributed by atoms with Crippen molar-refractivity contribution < 1.29 is 4.52 Å². The maximum absolute atomic E-state index is 5.61. The molecule has 0 amide bonds. The minimum absolute atomic E-state index is 0.453. The van der Waals surface area contributed by atoms with Gasteiger partial charge in [-0.15, -0.1) is 11.3 Å². The van der Waals surface area contributed by atoms with Gasteiger partial charge in [0, 0.05) is 12.5 Å². The molecule has 2 heterocycles. The van der Waals surface area contributed by atoms with Crippen LogP contribution < -0.4 is 5.73 Å². The van der Waals surface area contributed by atoms with E-state index in [-0.39, 0.29) is 0 Å². The van der Waals surface area contributed by atoms with Gasteiger partial charge in [0.05, 0.1) is 5.69 Å². The zero-order valence-electron chi connectivity index (χ0n) is 11.1. The molecule has 0 unspecified atom stereocenters. The van der Waals surface area contributed by atoms with Crippen LogP contribution in [0.25, 0.3) is 10.8 Å². The van der Waals surface area contributed by atoms with Gasteiger partial charge in [-0.25, -0.2) is 4.98 Å². The van der Waals surface area contributed by atoms with Crippen molar-refractivity contribution in [1.29, 1.82) is 0 Å². The molecule has 1 aliphatic carbocycles. The zero-order valence-corrected chi connectivity index (χ0v) is 11.9. The maximum atomic E-state index is 5.61. The standard InChI is InChI=1S/C13H18N4OS/c1-8-11(19-10(7-14)15-8)13-16-12(17-18-13)9-5-3-2-4-6-9/h9H,2-7,14H2,1H3. The molecule has 0 aliphatic heterocycles. The first-order valence-corrected chi connectivity index (χ1v) is 7.60. The van der Waals surface area contributed by atoms with E-state index in [9.17, 15) is 0 Å². The highest BCUT2D eigenvalue weighted by atomic mass is 32.1. The van der Waals surface area contributed by atoms with Gasteiger partial charge in [-0.1, -0.05) is 24.4 Å². The van der Waals surface area contributed by atoms with E-state index < -0.39 is 0 Å². The van der Waals surface area contributed by atoms with E-state index in [2.05, 4.69) is 15.1 Å². The molecule has 1 saturated carbocycles. The third kappa shape index (κ3) is 2.55. The van der Waals surface area contributed by atoms with Crippen molar-refractivity contribution >= 4 is 11.3 Å². The molecule has 0 atom stereocenters. The number of nitrogens with two attached hydrogens (primary N) is 1. The van der Waals surface area contributed by atoms with E-state index in [1.54, 1.807) is 11.3 Å². The summed E-state index contributed by atoms with van der Waals surface area (Å²) in [7, 11) is 0. The van der Waals surface area contributed by atoms with Gasteiger partial charge in [-0.2, -0.15) is 4.98 Å². The highest BCUT2D eigenvalue weighted by molar-refractivity contribution is 7.15. The summed E-state index contributed by atoms with van der Waals surface area (Å²) < 4.78 is 5.41. The van der Waals surface area contributed by atoms with Gasteiger partial charge in [0.15, 0.2) is 5.82 Å². The summed E-state index contributed by atoms with van der Waals surface area (Å²) in [4.78, 5) is 9.91. The molecular formula is C13H18N4OS. The maximum Gasteiger partial charge on any atom is 0.269 e. The number of hydrogen-bond acceptors (Lipinski definition) is 6. The fourth-order valence-electron chi connectivity index (χ4n) is 2.59. The second-order valence-electron chi connectivity index (χ2n) is 5.02.